The zero-order chi connectivity index (χ0) is 7.82. The van der Waals surface area contributed by atoms with Gasteiger partial charge in [-0.25, -0.2) is 0 Å². The van der Waals surface area contributed by atoms with E-state index >= 15 is 0 Å². The normalized spacial score (nSPS) is 23.7. The van der Waals surface area contributed by atoms with Gasteiger partial charge in [-0.1, -0.05) is 6.92 Å². The highest BCUT2D eigenvalue weighted by Crippen LogP contribution is 1.93. The summed E-state index contributed by atoms with van der Waals surface area (Å²) in [5, 5.41) is 14.6. The van der Waals surface area contributed by atoms with Gasteiger partial charge in [0.25, 0.3) is 0 Å². The molecule has 0 aromatic carbocycles. The first-order valence-corrected chi connectivity index (χ1v) is 3.84. The molecule has 1 aliphatic rings. The van der Waals surface area contributed by atoms with Crippen LogP contribution in [0, 0.1) is 0 Å². The Balaban J connectivity index is 0.000000180. The molecule has 1 rings (SSSR count). The molecule has 1 heterocycles. The minimum atomic E-state index is -0.0648. The summed E-state index contributed by atoms with van der Waals surface area (Å²) >= 11 is 0. The van der Waals surface area contributed by atoms with Crippen LogP contribution >= 0.6 is 0 Å². The van der Waals surface area contributed by atoms with E-state index < -0.39 is 0 Å². The van der Waals surface area contributed by atoms with Gasteiger partial charge in [-0.2, -0.15) is 0 Å². The molecule has 1 aliphatic heterocycles. The lowest BCUT2D eigenvalue weighted by Gasteiger charge is -1.90. The Morgan fingerprint density at radius 3 is 2.40 bits per heavy atom. The van der Waals surface area contributed by atoms with Gasteiger partial charge in [0, 0.05) is 6.54 Å². The highest BCUT2D eigenvalue weighted by atomic mass is 16.3. The molecule has 1 saturated heterocycles. The van der Waals surface area contributed by atoms with E-state index in [0.717, 1.165) is 26.1 Å². The molecule has 10 heavy (non-hydrogen) atoms. The molecule has 0 amide bonds. The van der Waals surface area contributed by atoms with E-state index in [-0.39, 0.29) is 6.10 Å². The summed E-state index contributed by atoms with van der Waals surface area (Å²) in [5.41, 5.74) is 0. The van der Waals surface area contributed by atoms with Gasteiger partial charge in [0.05, 0.1) is 6.10 Å². The Morgan fingerprint density at radius 1 is 1.70 bits per heavy atom. The molecule has 0 aliphatic carbocycles. The highest BCUT2D eigenvalue weighted by molar-refractivity contribution is 4.67. The van der Waals surface area contributed by atoms with Crippen LogP contribution in [-0.4, -0.2) is 37.9 Å². The van der Waals surface area contributed by atoms with Crippen molar-refractivity contribution >= 4 is 0 Å². The first-order valence-electron chi connectivity index (χ1n) is 3.84. The van der Waals surface area contributed by atoms with Crippen molar-refractivity contribution in [3.8, 4) is 0 Å². The van der Waals surface area contributed by atoms with Gasteiger partial charge in [0.2, 0.25) is 0 Å². The largest absolute Gasteiger partial charge is 0.392 e. The second-order valence-electron chi connectivity index (χ2n) is 2.35. The predicted molar refractivity (Wildman–Crippen MR) is 43.1 cm³/mol. The number of aliphatic hydroxyl groups is 1. The summed E-state index contributed by atoms with van der Waals surface area (Å²) in [6, 6.07) is 0. The maximum atomic E-state index is 8.67. The highest BCUT2D eigenvalue weighted by Gasteiger charge is 2.08. The van der Waals surface area contributed by atoms with Crippen molar-refractivity contribution in [3.63, 3.8) is 0 Å². The SMILES string of the molecule is CCNC.O[C@@H]1CCNC1. The van der Waals surface area contributed by atoms with E-state index in [2.05, 4.69) is 17.6 Å². The van der Waals surface area contributed by atoms with Gasteiger partial charge in [-0.15, -0.1) is 0 Å². The lowest BCUT2D eigenvalue weighted by molar-refractivity contribution is 0.196. The number of nitrogens with one attached hydrogen (secondary N) is 2. The molecule has 0 bridgehead atoms. The second-order valence-corrected chi connectivity index (χ2v) is 2.35. The van der Waals surface area contributed by atoms with E-state index in [4.69, 9.17) is 5.11 Å². The van der Waals surface area contributed by atoms with Gasteiger partial charge in [0.15, 0.2) is 0 Å². The molecular formula is C7H18N2O. The number of β-amino-alcohol motifs (C(OH)–C–C–N with tert-alkyl or cyclic N) is 1. The standard InChI is InChI=1S/C4H9NO.C3H9N/c6-4-1-2-5-3-4;1-3-4-2/h4-6H,1-3H2;4H,3H2,1-2H3/t4-;/m1./s1. The topological polar surface area (TPSA) is 44.3 Å². The van der Waals surface area contributed by atoms with Crippen molar-refractivity contribution in [2.24, 2.45) is 0 Å². The minimum Gasteiger partial charge on any atom is -0.392 e. The fourth-order valence-electron chi connectivity index (χ4n) is 0.639. The van der Waals surface area contributed by atoms with Crippen molar-refractivity contribution in [2.75, 3.05) is 26.7 Å². The summed E-state index contributed by atoms with van der Waals surface area (Å²) in [6.45, 7) is 4.92. The summed E-state index contributed by atoms with van der Waals surface area (Å²) < 4.78 is 0. The number of rotatable bonds is 1. The Hall–Kier alpha value is -0.120. The van der Waals surface area contributed by atoms with E-state index in [1.807, 2.05) is 7.05 Å². The van der Waals surface area contributed by atoms with E-state index in [1.165, 1.54) is 0 Å². The monoisotopic (exact) mass is 146 g/mol. The van der Waals surface area contributed by atoms with Crippen LogP contribution in [0.25, 0.3) is 0 Å². The molecule has 3 N–H and O–H groups in total. The molecule has 0 radical (unpaired) electrons. The molecule has 62 valence electrons. The molecule has 3 heteroatoms. The Kier molecular flexibility index (Phi) is 6.91. The van der Waals surface area contributed by atoms with Crippen molar-refractivity contribution in [1.82, 2.24) is 10.6 Å². The third-order valence-corrected chi connectivity index (χ3v) is 1.39. The predicted octanol–water partition coefficient (Wildman–Crippen LogP) is -0.434. The lowest BCUT2D eigenvalue weighted by atomic mass is 10.3. The Bertz CT molecular complexity index is 60.6. The van der Waals surface area contributed by atoms with Crippen molar-refractivity contribution in [3.05, 3.63) is 0 Å². The summed E-state index contributed by atoms with van der Waals surface area (Å²) in [5.74, 6) is 0. The van der Waals surface area contributed by atoms with Crippen LogP contribution in [0.15, 0.2) is 0 Å². The molecule has 0 aromatic rings. The van der Waals surface area contributed by atoms with Crippen molar-refractivity contribution < 1.29 is 5.11 Å². The smallest absolute Gasteiger partial charge is 0.0676 e. The molecule has 0 saturated carbocycles. The fourth-order valence-corrected chi connectivity index (χ4v) is 0.639. The van der Waals surface area contributed by atoms with E-state index in [9.17, 15) is 0 Å². The maximum Gasteiger partial charge on any atom is 0.0676 e. The lowest BCUT2D eigenvalue weighted by Crippen LogP contribution is -2.11. The Labute approximate surface area is 62.8 Å². The number of aliphatic hydroxyl groups excluding tert-OH is 1. The molecule has 3 nitrogen and oxygen atoms in total. The third kappa shape index (κ3) is 6.01. The molecule has 1 fully saturated rings. The average Bonchev–Trinajstić information content (AvgIpc) is 2.40. The number of hydrogen-bond acceptors (Lipinski definition) is 3. The third-order valence-electron chi connectivity index (χ3n) is 1.39. The van der Waals surface area contributed by atoms with Gasteiger partial charge >= 0.3 is 0 Å². The first-order chi connectivity index (χ1) is 4.81. The van der Waals surface area contributed by atoms with E-state index in [0.29, 0.717) is 0 Å². The van der Waals surface area contributed by atoms with Crippen LogP contribution in [0.5, 0.6) is 0 Å². The zero-order valence-electron chi connectivity index (χ0n) is 6.85. The second kappa shape index (κ2) is 6.99. The van der Waals surface area contributed by atoms with Crippen LogP contribution in [0.3, 0.4) is 0 Å². The van der Waals surface area contributed by atoms with Crippen LogP contribution in [0.2, 0.25) is 0 Å². The van der Waals surface area contributed by atoms with Crippen molar-refractivity contribution in [2.45, 2.75) is 19.4 Å². The Morgan fingerprint density at radius 2 is 2.30 bits per heavy atom. The van der Waals surface area contributed by atoms with Gasteiger partial charge in [0.1, 0.15) is 0 Å². The van der Waals surface area contributed by atoms with Gasteiger partial charge < -0.3 is 15.7 Å². The van der Waals surface area contributed by atoms with Crippen LogP contribution in [0.1, 0.15) is 13.3 Å². The molecule has 0 unspecified atom stereocenters. The minimum absolute atomic E-state index is 0.0648. The van der Waals surface area contributed by atoms with Crippen LogP contribution in [-0.2, 0) is 0 Å². The average molecular weight is 146 g/mol. The number of hydrogen-bond donors (Lipinski definition) is 3. The summed E-state index contributed by atoms with van der Waals surface area (Å²) in [6.07, 6.45) is 0.866. The van der Waals surface area contributed by atoms with Crippen LogP contribution in [0.4, 0.5) is 0 Å². The molecular weight excluding hydrogens is 128 g/mol. The van der Waals surface area contributed by atoms with Gasteiger partial charge in [-0.3, -0.25) is 0 Å². The maximum absolute atomic E-state index is 8.67. The quantitative estimate of drug-likeness (QED) is 0.470. The molecule has 1 atom stereocenters. The van der Waals surface area contributed by atoms with Gasteiger partial charge in [-0.05, 0) is 26.6 Å². The van der Waals surface area contributed by atoms with E-state index in [1.54, 1.807) is 0 Å². The first kappa shape index (κ1) is 9.88. The zero-order valence-corrected chi connectivity index (χ0v) is 6.85. The van der Waals surface area contributed by atoms with Crippen molar-refractivity contribution in [1.29, 1.82) is 0 Å². The summed E-state index contributed by atoms with van der Waals surface area (Å²) in [4.78, 5) is 0. The molecule has 0 aromatic heterocycles. The fraction of sp³-hybridized carbons (Fsp3) is 1.00. The molecule has 0 spiro atoms. The van der Waals surface area contributed by atoms with Crippen LogP contribution < -0.4 is 10.6 Å². The summed E-state index contributed by atoms with van der Waals surface area (Å²) in [7, 11) is 1.93.